The first-order valence-corrected chi connectivity index (χ1v) is 3.45. The minimum Gasteiger partial charge on any atom is -0.0991 e. The van der Waals surface area contributed by atoms with Gasteiger partial charge in [-0.1, -0.05) is 51.7 Å². The lowest BCUT2D eigenvalue weighted by Crippen LogP contribution is -1.98. The summed E-state index contributed by atoms with van der Waals surface area (Å²) in [5, 5.41) is 0. The summed E-state index contributed by atoms with van der Waals surface area (Å²) in [4.78, 5) is 0. The molecule has 0 aliphatic heterocycles. The smallest absolute Gasteiger partial charge is 0.0129 e. The molecule has 0 saturated carbocycles. The Balaban J connectivity index is 3.77. The van der Waals surface area contributed by atoms with E-state index in [0.717, 1.165) is 0 Å². The second-order valence-electron chi connectivity index (χ2n) is 3.18. The van der Waals surface area contributed by atoms with Crippen LogP contribution in [0.3, 0.4) is 0 Å². The lowest BCUT2D eigenvalue weighted by Gasteiger charge is -2.08. The van der Waals surface area contributed by atoms with Crippen molar-refractivity contribution in [2.75, 3.05) is 0 Å². The second-order valence-corrected chi connectivity index (χ2v) is 3.18. The van der Waals surface area contributed by atoms with E-state index in [4.69, 9.17) is 0 Å². The van der Waals surface area contributed by atoms with Crippen molar-refractivity contribution in [1.29, 1.82) is 0 Å². The molecule has 0 spiro atoms. The zero-order chi connectivity index (χ0) is 8.04. The standard InChI is InChI=1S/C10H15/c1-5-6-7-8-9-10(2,3)4/h5-8H,1H2,2-4H3. The second kappa shape index (κ2) is 4.10. The van der Waals surface area contributed by atoms with Gasteiger partial charge in [0.1, 0.15) is 0 Å². The molecular formula is C10H15. The van der Waals surface area contributed by atoms with Crippen molar-refractivity contribution >= 4 is 0 Å². The number of hydrogen-bond donors (Lipinski definition) is 0. The third kappa shape index (κ3) is 7.22. The van der Waals surface area contributed by atoms with Crippen molar-refractivity contribution in [3.63, 3.8) is 0 Å². The van der Waals surface area contributed by atoms with E-state index in [0.29, 0.717) is 0 Å². The van der Waals surface area contributed by atoms with Crippen molar-refractivity contribution in [3.8, 4) is 0 Å². The Kier molecular flexibility index (Phi) is 3.78. The van der Waals surface area contributed by atoms with Crippen LogP contribution in [0.5, 0.6) is 0 Å². The molecule has 0 unspecified atom stereocenters. The van der Waals surface area contributed by atoms with Crippen LogP contribution in [0.25, 0.3) is 0 Å². The summed E-state index contributed by atoms with van der Waals surface area (Å²) in [7, 11) is 0. The van der Waals surface area contributed by atoms with Gasteiger partial charge in [0.25, 0.3) is 0 Å². The fraction of sp³-hybridized carbons (Fsp3) is 0.400. The van der Waals surface area contributed by atoms with Crippen LogP contribution in [0.1, 0.15) is 20.8 Å². The third-order valence-corrected chi connectivity index (χ3v) is 0.860. The van der Waals surface area contributed by atoms with Crippen LogP contribution in [-0.2, 0) is 0 Å². The van der Waals surface area contributed by atoms with Crippen LogP contribution in [0, 0.1) is 11.5 Å². The van der Waals surface area contributed by atoms with E-state index in [1.165, 1.54) is 0 Å². The van der Waals surface area contributed by atoms with Gasteiger partial charge in [-0.2, -0.15) is 0 Å². The highest BCUT2D eigenvalue weighted by Crippen LogP contribution is 2.12. The Labute approximate surface area is 64.0 Å². The van der Waals surface area contributed by atoms with Gasteiger partial charge in [0.2, 0.25) is 0 Å². The topological polar surface area (TPSA) is 0 Å². The maximum absolute atomic E-state index is 3.56. The summed E-state index contributed by atoms with van der Waals surface area (Å²) in [6, 6.07) is 0. The predicted molar refractivity (Wildman–Crippen MR) is 46.6 cm³/mol. The summed E-state index contributed by atoms with van der Waals surface area (Å²) in [6.45, 7) is 9.91. The molecule has 0 amide bonds. The Morgan fingerprint density at radius 3 is 2.20 bits per heavy atom. The molecule has 0 nitrogen and oxygen atoms in total. The van der Waals surface area contributed by atoms with Crippen LogP contribution in [-0.4, -0.2) is 0 Å². The Hall–Kier alpha value is -0.780. The van der Waals surface area contributed by atoms with Gasteiger partial charge >= 0.3 is 0 Å². The Bertz CT molecular complexity index is 142. The normalized spacial score (nSPS) is 13.1. The van der Waals surface area contributed by atoms with Crippen molar-refractivity contribution in [2.24, 2.45) is 5.41 Å². The van der Waals surface area contributed by atoms with E-state index in [-0.39, 0.29) is 5.41 Å². The maximum atomic E-state index is 3.56. The van der Waals surface area contributed by atoms with Crippen molar-refractivity contribution in [1.82, 2.24) is 0 Å². The molecule has 0 N–H and O–H groups in total. The first-order chi connectivity index (χ1) is 4.56. The van der Waals surface area contributed by atoms with Gasteiger partial charge in [0.05, 0.1) is 0 Å². The van der Waals surface area contributed by atoms with Crippen LogP contribution in [0.2, 0.25) is 0 Å². The Morgan fingerprint density at radius 1 is 1.20 bits per heavy atom. The van der Waals surface area contributed by atoms with Gasteiger partial charge < -0.3 is 0 Å². The largest absolute Gasteiger partial charge is 0.0991 e. The van der Waals surface area contributed by atoms with E-state index in [9.17, 15) is 0 Å². The molecular weight excluding hydrogens is 120 g/mol. The van der Waals surface area contributed by atoms with E-state index in [1.54, 1.807) is 6.08 Å². The molecule has 10 heavy (non-hydrogen) atoms. The summed E-state index contributed by atoms with van der Waals surface area (Å²) < 4.78 is 0. The highest BCUT2D eigenvalue weighted by molar-refractivity contribution is 5.08. The molecule has 0 atom stereocenters. The van der Waals surface area contributed by atoms with Crippen molar-refractivity contribution in [2.45, 2.75) is 20.8 Å². The molecule has 0 heterocycles. The SMILES string of the molecule is C=CC=CC=[C]C(C)(C)C. The third-order valence-electron chi connectivity index (χ3n) is 0.860. The predicted octanol–water partition coefficient (Wildman–Crippen LogP) is 3.13. The molecule has 0 heteroatoms. The van der Waals surface area contributed by atoms with E-state index >= 15 is 0 Å². The van der Waals surface area contributed by atoms with Gasteiger partial charge in [-0.05, 0) is 11.5 Å². The highest BCUT2D eigenvalue weighted by atomic mass is 14.1. The van der Waals surface area contributed by atoms with Gasteiger partial charge in [-0.15, -0.1) is 0 Å². The van der Waals surface area contributed by atoms with Gasteiger partial charge in [0.15, 0.2) is 0 Å². The van der Waals surface area contributed by atoms with E-state index < -0.39 is 0 Å². The first kappa shape index (κ1) is 9.22. The quantitative estimate of drug-likeness (QED) is 0.510. The molecule has 0 bridgehead atoms. The zero-order valence-corrected chi connectivity index (χ0v) is 7.02. The molecule has 0 aliphatic rings. The monoisotopic (exact) mass is 135 g/mol. The summed E-state index contributed by atoms with van der Waals surface area (Å²) in [5.74, 6) is 0. The Morgan fingerprint density at radius 2 is 1.80 bits per heavy atom. The molecule has 0 saturated heterocycles. The molecule has 0 fully saturated rings. The van der Waals surface area contributed by atoms with Crippen LogP contribution >= 0.6 is 0 Å². The van der Waals surface area contributed by atoms with Crippen LogP contribution < -0.4 is 0 Å². The fourth-order valence-corrected chi connectivity index (χ4v) is 0.432. The molecule has 0 aliphatic carbocycles. The number of hydrogen-bond acceptors (Lipinski definition) is 0. The molecule has 0 aromatic carbocycles. The fourth-order valence-electron chi connectivity index (χ4n) is 0.432. The highest BCUT2D eigenvalue weighted by Gasteiger charge is 2.02. The zero-order valence-electron chi connectivity index (χ0n) is 7.02. The molecule has 1 radical (unpaired) electrons. The molecule has 0 aromatic heterocycles. The van der Waals surface area contributed by atoms with Crippen LogP contribution in [0.15, 0.2) is 30.9 Å². The minimum atomic E-state index is 0.158. The van der Waals surface area contributed by atoms with Gasteiger partial charge in [0, 0.05) is 0 Å². The summed E-state index contributed by atoms with van der Waals surface area (Å²) >= 11 is 0. The van der Waals surface area contributed by atoms with E-state index in [2.05, 4.69) is 33.4 Å². The molecule has 0 aromatic rings. The molecule has 55 valence electrons. The van der Waals surface area contributed by atoms with Gasteiger partial charge in [-0.25, -0.2) is 0 Å². The number of rotatable bonds is 2. The van der Waals surface area contributed by atoms with Crippen molar-refractivity contribution < 1.29 is 0 Å². The average molecular weight is 135 g/mol. The molecule has 0 rings (SSSR count). The first-order valence-electron chi connectivity index (χ1n) is 3.45. The minimum absolute atomic E-state index is 0.158. The number of allylic oxidation sites excluding steroid dienone is 5. The van der Waals surface area contributed by atoms with Crippen molar-refractivity contribution in [3.05, 3.63) is 37.0 Å². The summed E-state index contributed by atoms with van der Waals surface area (Å²) in [6.07, 6.45) is 10.7. The average Bonchev–Trinajstić information content (AvgIpc) is 1.78. The lowest BCUT2D eigenvalue weighted by molar-refractivity contribution is 0.524. The van der Waals surface area contributed by atoms with Crippen LogP contribution in [0.4, 0.5) is 0 Å². The lowest BCUT2D eigenvalue weighted by atomic mass is 9.96. The van der Waals surface area contributed by atoms with E-state index in [1.807, 2.05) is 18.2 Å². The maximum Gasteiger partial charge on any atom is -0.0129 e. The van der Waals surface area contributed by atoms with Gasteiger partial charge in [-0.3, -0.25) is 0 Å². The summed E-state index contributed by atoms with van der Waals surface area (Å²) in [5.41, 5.74) is 0.158.